The standard InChI is InChI=1S/C17H15NO5/c19-15(17(22)23)12-8-4-5-9-13(12)18-14(16(20)21)10-11-6-2-1-3-7-11/h1-3,6-9,14-15,18-19H,10H2,(H,20,21)(H,22,23). The van der Waals surface area contributed by atoms with Crippen molar-refractivity contribution in [3.05, 3.63) is 65.7 Å². The van der Waals surface area contributed by atoms with Gasteiger partial charge in [-0.1, -0.05) is 42.5 Å². The van der Waals surface area contributed by atoms with E-state index in [1.165, 1.54) is 12.1 Å². The molecule has 0 aliphatic heterocycles. The number of rotatable bonds is 7. The highest BCUT2D eigenvalue weighted by atomic mass is 16.4. The van der Waals surface area contributed by atoms with E-state index in [1.807, 2.05) is 6.07 Å². The summed E-state index contributed by atoms with van der Waals surface area (Å²) in [4.78, 5) is 22.4. The zero-order valence-electron chi connectivity index (χ0n) is 12.1. The molecule has 2 aromatic rings. The van der Waals surface area contributed by atoms with E-state index in [0.717, 1.165) is 5.56 Å². The molecule has 4 N–H and O–H groups in total. The predicted octanol–water partition coefficient (Wildman–Crippen LogP) is 1.51. The van der Waals surface area contributed by atoms with Gasteiger partial charge in [0.15, 0.2) is 6.10 Å². The van der Waals surface area contributed by atoms with Crippen molar-refractivity contribution in [1.82, 2.24) is 0 Å². The maximum Gasteiger partial charge on any atom is 0.337 e. The summed E-state index contributed by atoms with van der Waals surface area (Å²) in [5, 5.41) is 30.8. The number of benzene rings is 1. The molecule has 6 nitrogen and oxygen atoms in total. The molecule has 2 rings (SSSR count). The molecule has 2 aromatic carbocycles. The number of carboxylic acids is 2. The fourth-order valence-electron chi connectivity index (χ4n) is 2.12. The van der Waals surface area contributed by atoms with Crippen LogP contribution in [0.4, 0.5) is 5.69 Å². The van der Waals surface area contributed by atoms with E-state index in [2.05, 4.69) is 17.4 Å². The average Bonchev–Trinajstić information content (AvgIpc) is 2.55. The molecule has 6 heteroatoms. The van der Waals surface area contributed by atoms with Crippen LogP contribution in [0.1, 0.15) is 17.2 Å². The number of carboxylic acid groups (broad SMARTS) is 2. The molecule has 23 heavy (non-hydrogen) atoms. The van der Waals surface area contributed by atoms with Crippen LogP contribution >= 0.6 is 0 Å². The van der Waals surface area contributed by atoms with Gasteiger partial charge in [-0.3, -0.25) is 0 Å². The number of aliphatic carboxylic acids is 2. The topological polar surface area (TPSA) is 107 Å². The van der Waals surface area contributed by atoms with Gasteiger partial charge in [0, 0.05) is 18.1 Å². The normalized spacial score (nSPS) is 12.7. The Morgan fingerprint density at radius 3 is 2.30 bits per heavy atom. The van der Waals surface area contributed by atoms with Crippen molar-refractivity contribution in [2.45, 2.75) is 18.6 Å². The molecule has 0 aliphatic rings. The average molecular weight is 313 g/mol. The van der Waals surface area contributed by atoms with E-state index >= 15 is 0 Å². The lowest BCUT2D eigenvalue weighted by molar-refractivity contribution is -0.146. The molecule has 118 valence electrons. The molecular formula is C17H15NO5. The summed E-state index contributed by atoms with van der Waals surface area (Å²) in [5.41, 5.74) is 1.05. The third kappa shape index (κ3) is 4.22. The fraction of sp³-hybridized carbons (Fsp3) is 0.176. The molecule has 2 unspecified atom stereocenters. The van der Waals surface area contributed by atoms with Crippen molar-refractivity contribution >= 4 is 17.6 Å². The lowest BCUT2D eigenvalue weighted by atomic mass is 10.0. The highest BCUT2D eigenvalue weighted by molar-refractivity contribution is 5.80. The summed E-state index contributed by atoms with van der Waals surface area (Å²) >= 11 is 0. The van der Waals surface area contributed by atoms with Crippen molar-refractivity contribution in [2.24, 2.45) is 0 Å². The van der Waals surface area contributed by atoms with Crippen molar-refractivity contribution in [3.8, 4) is 0 Å². The predicted molar refractivity (Wildman–Crippen MR) is 81.9 cm³/mol. The number of hydrogen-bond donors (Lipinski definition) is 4. The molecule has 0 radical (unpaired) electrons. The van der Waals surface area contributed by atoms with Crippen molar-refractivity contribution in [2.75, 3.05) is 5.32 Å². The highest BCUT2D eigenvalue weighted by Crippen LogP contribution is 2.23. The van der Waals surface area contributed by atoms with E-state index < -0.39 is 24.1 Å². The van der Waals surface area contributed by atoms with Crippen LogP contribution in [-0.2, 0) is 16.0 Å². The van der Waals surface area contributed by atoms with E-state index in [-0.39, 0.29) is 17.7 Å². The summed E-state index contributed by atoms with van der Waals surface area (Å²) in [7, 11) is 0. The van der Waals surface area contributed by atoms with Crippen LogP contribution < -0.4 is 5.32 Å². The fourth-order valence-corrected chi connectivity index (χ4v) is 2.12. The van der Waals surface area contributed by atoms with Crippen LogP contribution in [0, 0.1) is 12.1 Å². The number of aliphatic hydroxyl groups is 1. The highest BCUT2D eigenvalue weighted by Gasteiger charge is 2.23. The van der Waals surface area contributed by atoms with E-state index in [9.17, 15) is 19.8 Å². The third-order valence-electron chi connectivity index (χ3n) is 3.28. The Morgan fingerprint density at radius 1 is 1.04 bits per heavy atom. The largest absolute Gasteiger partial charge is 0.480 e. The zero-order valence-corrected chi connectivity index (χ0v) is 12.1. The lowest BCUT2D eigenvalue weighted by Crippen LogP contribution is -2.32. The van der Waals surface area contributed by atoms with Gasteiger partial charge >= 0.3 is 11.9 Å². The molecule has 0 aliphatic carbocycles. The second kappa shape index (κ2) is 7.29. The minimum absolute atomic E-state index is 0.0376. The van der Waals surface area contributed by atoms with Crippen LogP contribution in [-0.4, -0.2) is 33.3 Å². The molecule has 0 saturated carbocycles. The first-order valence-electron chi connectivity index (χ1n) is 6.85. The van der Waals surface area contributed by atoms with Gasteiger partial charge in [0.2, 0.25) is 0 Å². The van der Waals surface area contributed by atoms with E-state index in [4.69, 9.17) is 5.11 Å². The van der Waals surface area contributed by atoms with Gasteiger partial charge in [-0.15, -0.1) is 0 Å². The van der Waals surface area contributed by atoms with Gasteiger partial charge in [0.05, 0.1) is 5.69 Å². The summed E-state index contributed by atoms with van der Waals surface area (Å²) < 4.78 is 0. The molecule has 0 aromatic heterocycles. The number of carbonyl (C=O) groups is 2. The van der Waals surface area contributed by atoms with Gasteiger partial charge < -0.3 is 20.6 Å². The molecular weight excluding hydrogens is 298 g/mol. The summed E-state index contributed by atoms with van der Waals surface area (Å²) in [5.74, 6) is -2.51. The number of anilines is 1. The summed E-state index contributed by atoms with van der Waals surface area (Å²) in [6.07, 6.45) is -1.56. The Hall–Kier alpha value is -3.04. The number of nitrogens with one attached hydrogen (secondary N) is 1. The Bertz CT molecular complexity index is 686. The second-order valence-electron chi connectivity index (χ2n) is 4.91. The second-order valence-corrected chi connectivity index (χ2v) is 4.91. The van der Waals surface area contributed by atoms with Gasteiger partial charge in [0.25, 0.3) is 0 Å². The molecule has 0 saturated heterocycles. The zero-order chi connectivity index (χ0) is 16.8. The summed E-state index contributed by atoms with van der Waals surface area (Å²) in [6, 6.07) is 15.9. The van der Waals surface area contributed by atoms with Crippen molar-refractivity contribution < 1.29 is 24.9 Å². The number of hydrogen-bond acceptors (Lipinski definition) is 4. The van der Waals surface area contributed by atoms with E-state index in [0.29, 0.717) is 0 Å². The smallest absolute Gasteiger partial charge is 0.337 e. The monoisotopic (exact) mass is 313 g/mol. The Balaban J connectivity index is 2.24. The minimum atomic E-state index is -1.77. The van der Waals surface area contributed by atoms with Crippen LogP contribution in [0.2, 0.25) is 0 Å². The quantitative estimate of drug-likeness (QED) is 0.617. The van der Waals surface area contributed by atoms with Gasteiger partial charge in [-0.05, 0) is 11.6 Å². The Morgan fingerprint density at radius 2 is 1.70 bits per heavy atom. The molecule has 0 fully saturated rings. The van der Waals surface area contributed by atoms with Gasteiger partial charge in [0.1, 0.15) is 6.04 Å². The molecule has 0 amide bonds. The minimum Gasteiger partial charge on any atom is -0.480 e. The van der Waals surface area contributed by atoms with Crippen LogP contribution in [0.3, 0.4) is 0 Å². The molecule has 0 heterocycles. The first-order valence-corrected chi connectivity index (χ1v) is 6.85. The first kappa shape index (κ1) is 16.3. The Labute approximate surface area is 133 Å². The SMILES string of the molecule is O=C(O)C(Cc1ccccc1)Nc1cc#ccc1C(O)C(=O)O. The van der Waals surface area contributed by atoms with Gasteiger partial charge in [-0.25, -0.2) is 9.59 Å². The van der Waals surface area contributed by atoms with Crippen LogP contribution in [0.25, 0.3) is 0 Å². The maximum atomic E-state index is 11.5. The third-order valence-corrected chi connectivity index (χ3v) is 3.28. The van der Waals surface area contributed by atoms with E-state index in [1.54, 1.807) is 24.3 Å². The van der Waals surface area contributed by atoms with Crippen LogP contribution in [0.15, 0.2) is 42.5 Å². The van der Waals surface area contributed by atoms with Crippen LogP contribution in [0.5, 0.6) is 0 Å². The first-order chi connectivity index (χ1) is 11.0. The molecule has 2 atom stereocenters. The Kier molecular flexibility index (Phi) is 5.18. The lowest BCUT2D eigenvalue weighted by Gasteiger charge is -2.18. The van der Waals surface area contributed by atoms with Gasteiger partial charge in [-0.2, -0.15) is 0 Å². The van der Waals surface area contributed by atoms with Crippen molar-refractivity contribution in [1.29, 1.82) is 0 Å². The number of aliphatic hydroxyl groups excluding tert-OH is 1. The van der Waals surface area contributed by atoms with Crippen molar-refractivity contribution in [3.63, 3.8) is 0 Å². The maximum absolute atomic E-state index is 11.5. The molecule has 0 bridgehead atoms. The molecule has 0 spiro atoms. The summed E-state index contributed by atoms with van der Waals surface area (Å²) in [6.45, 7) is 0.